The topological polar surface area (TPSA) is 46.1 Å². The summed E-state index contributed by atoms with van der Waals surface area (Å²) in [6.07, 6.45) is 10.4. The quantitative estimate of drug-likeness (QED) is 0.872. The SMILES string of the molecule is O=C(c1ccccn1)N1C[C@H]2CCC[C@H](Cc3cccnc3)[C@H]2C1. The third-order valence-electron chi connectivity index (χ3n) is 5.64. The van der Waals surface area contributed by atoms with E-state index in [1.165, 1.54) is 24.8 Å². The van der Waals surface area contributed by atoms with E-state index in [0.29, 0.717) is 23.4 Å². The van der Waals surface area contributed by atoms with Gasteiger partial charge in [-0.05, 0) is 60.8 Å². The van der Waals surface area contributed by atoms with Crippen LogP contribution in [0.1, 0.15) is 35.3 Å². The summed E-state index contributed by atoms with van der Waals surface area (Å²) in [7, 11) is 0. The molecule has 0 spiro atoms. The van der Waals surface area contributed by atoms with Gasteiger partial charge in [0.15, 0.2) is 0 Å². The van der Waals surface area contributed by atoms with Crippen molar-refractivity contribution < 1.29 is 4.79 Å². The van der Waals surface area contributed by atoms with E-state index >= 15 is 0 Å². The Balaban J connectivity index is 1.47. The highest BCUT2D eigenvalue weighted by Gasteiger charge is 2.41. The molecule has 124 valence electrons. The Bertz CT molecular complexity index is 689. The average Bonchev–Trinajstić information content (AvgIpc) is 3.08. The number of amides is 1. The lowest BCUT2D eigenvalue weighted by molar-refractivity contribution is 0.0775. The molecule has 2 aromatic heterocycles. The fourth-order valence-electron chi connectivity index (χ4n) is 4.48. The number of likely N-dealkylation sites (tertiary alicyclic amines) is 1. The van der Waals surface area contributed by atoms with E-state index in [1.54, 1.807) is 6.20 Å². The second-order valence-corrected chi connectivity index (χ2v) is 7.11. The zero-order valence-electron chi connectivity index (χ0n) is 13.8. The van der Waals surface area contributed by atoms with Gasteiger partial charge in [0.25, 0.3) is 5.91 Å². The molecule has 0 bridgehead atoms. The number of nitrogens with zero attached hydrogens (tertiary/aromatic N) is 3. The van der Waals surface area contributed by atoms with Crippen molar-refractivity contribution in [2.45, 2.75) is 25.7 Å². The van der Waals surface area contributed by atoms with Crippen molar-refractivity contribution in [2.75, 3.05) is 13.1 Å². The van der Waals surface area contributed by atoms with Crippen molar-refractivity contribution in [3.05, 3.63) is 60.2 Å². The number of hydrogen-bond acceptors (Lipinski definition) is 3. The van der Waals surface area contributed by atoms with Crippen LogP contribution < -0.4 is 0 Å². The summed E-state index contributed by atoms with van der Waals surface area (Å²) < 4.78 is 0. The van der Waals surface area contributed by atoms with Crippen LogP contribution in [-0.4, -0.2) is 33.9 Å². The first kappa shape index (κ1) is 15.3. The molecular formula is C20H23N3O. The highest BCUT2D eigenvalue weighted by molar-refractivity contribution is 5.92. The first-order chi connectivity index (χ1) is 11.8. The van der Waals surface area contributed by atoms with Gasteiger partial charge in [0.1, 0.15) is 5.69 Å². The molecule has 1 aliphatic heterocycles. The molecule has 2 aliphatic rings. The minimum absolute atomic E-state index is 0.0881. The summed E-state index contributed by atoms with van der Waals surface area (Å²) in [6, 6.07) is 9.74. The molecule has 2 aromatic rings. The number of rotatable bonds is 3. The average molecular weight is 321 g/mol. The van der Waals surface area contributed by atoms with E-state index < -0.39 is 0 Å². The third kappa shape index (κ3) is 3.05. The Hall–Kier alpha value is -2.23. The van der Waals surface area contributed by atoms with E-state index in [0.717, 1.165) is 19.5 Å². The molecule has 0 aromatic carbocycles. The predicted octanol–water partition coefficient (Wildman–Crippen LogP) is 3.21. The molecule has 0 unspecified atom stereocenters. The van der Waals surface area contributed by atoms with Crippen molar-refractivity contribution in [3.8, 4) is 0 Å². The van der Waals surface area contributed by atoms with E-state index in [1.807, 2.05) is 41.6 Å². The molecule has 2 fully saturated rings. The second-order valence-electron chi connectivity index (χ2n) is 7.11. The highest BCUT2D eigenvalue weighted by atomic mass is 16.2. The summed E-state index contributed by atoms with van der Waals surface area (Å²) in [5.41, 5.74) is 1.89. The minimum atomic E-state index is 0.0881. The van der Waals surface area contributed by atoms with Gasteiger partial charge in [-0.15, -0.1) is 0 Å². The van der Waals surface area contributed by atoms with Gasteiger partial charge < -0.3 is 4.90 Å². The fourth-order valence-corrected chi connectivity index (χ4v) is 4.48. The lowest BCUT2D eigenvalue weighted by Crippen LogP contribution is -2.31. The van der Waals surface area contributed by atoms with Crippen LogP contribution in [0.2, 0.25) is 0 Å². The summed E-state index contributed by atoms with van der Waals surface area (Å²) in [4.78, 5) is 23.2. The Kier molecular flexibility index (Phi) is 4.28. The zero-order chi connectivity index (χ0) is 16.4. The summed E-state index contributed by atoms with van der Waals surface area (Å²) >= 11 is 0. The molecule has 0 radical (unpaired) electrons. The van der Waals surface area contributed by atoms with Crippen molar-refractivity contribution in [2.24, 2.45) is 17.8 Å². The largest absolute Gasteiger partial charge is 0.337 e. The van der Waals surface area contributed by atoms with Crippen LogP contribution in [0.3, 0.4) is 0 Å². The van der Waals surface area contributed by atoms with E-state index in [9.17, 15) is 4.79 Å². The summed E-state index contributed by atoms with van der Waals surface area (Å²) in [5.74, 6) is 2.01. The molecular weight excluding hydrogens is 298 g/mol. The molecule has 4 rings (SSSR count). The van der Waals surface area contributed by atoms with Crippen molar-refractivity contribution >= 4 is 5.91 Å². The molecule has 0 N–H and O–H groups in total. The van der Waals surface area contributed by atoms with Crippen LogP contribution in [-0.2, 0) is 6.42 Å². The Morgan fingerprint density at radius 3 is 2.88 bits per heavy atom. The van der Waals surface area contributed by atoms with Gasteiger partial charge in [-0.3, -0.25) is 14.8 Å². The second kappa shape index (κ2) is 6.71. The standard InChI is InChI=1S/C20H23N3O/c24-20(19-8-1-2-10-22-19)23-13-17-7-3-6-16(18(17)14-23)11-15-5-4-9-21-12-15/h1-2,4-5,8-10,12,16-18H,3,6-7,11,13-14H2/t16-,17-,18-/m1/s1. The normalized spacial score (nSPS) is 26.2. The van der Waals surface area contributed by atoms with E-state index in [4.69, 9.17) is 0 Å². The first-order valence-corrected chi connectivity index (χ1v) is 8.90. The zero-order valence-corrected chi connectivity index (χ0v) is 13.8. The van der Waals surface area contributed by atoms with Gasteiger partial charge >= 0.3 is 0 Å². The van der Waals surface area contributed by atoms with Crippen LogP contribution in [0.5, 0.6) is 0 Å². The Morgan fingerprint density at radius 1 is 1.12 bits per heavy atom. The maximum absolute atomic E-state index is 12.7. The maximum atomic E-state index is 12.7. The fraction of sp³-hybridized carbons (Fsp3) is 0.450. The van der Waals surface area contributed by atoms with Crippen molar-refractivity contribution in [1.29, 1.82) is 0 Å². The third-order valence-corrected chi connectivity index (χ3v) is 5.64. The molecule has 3 heterocycles. The molecule has 1 amide bonds. The number of pyridine rings is 2. The Labute approximate surface area is 142 Å². The van der Waals surface area contributed by atoms with Gasteiger partial charge in [0, 0.05) is 31.7 Å². The van der Waals surface area contributed by atoms with Crippen molar-refractivity contribution in [3.63, 3.8) is 0 Å². The highest BCUT2D eigenvalue weighted by Crippen LogP contribution is 2.41. The van der Waals surface area contributed by atoms with Gasteiger partial charge in [0.2, 0.25) is 0 Å². The first-order valence-electron chi connectivity index (χ1n) is 8.90. The van der Waals surface area contributed by atoms with E-state index in [2.05, 4.69) is 16.0 Å². The number of hydrogen-bond donors (Lipinski definition) is 0. The van der Waals surface area contributed by atoms with Crippen LogP contribution in [0.4, 0.5) is 0 Å². The molecule has 24 heavy (non-hydrogen) atoms. The lowest BCUT2D eigenvalue weighted by Gasteiger charge is -2.32. The minimum Gasteiger partial charge on any atom is -0.337 e. The lowest BCUT2D eigenvalue weighted by atomic mass is 9.72. The van der Waals surface area contributed by atoms with Gasteiger partial charge in [0.05, 0.1) is 0 Å². The monoisotopic (exact) mass is 321 g/mol. The van der Waals surface area contributed by atoms with Gasteiger partial charge in [-0.25, -0.2) is 0 Å². The number of carbonyl (C=O) groups excluding carboxylic acids is 1. The summed E-state index contributed by atoms with van der Waals surface area (Å²) in [6.45, 7) is 1.77. The molecule has 4 heteroatoms. The predicted molar refractivity (Wildman–Crippen MR) is 92.4 cm³/mol. The molecule has 1 saturated carbocycles. The van der Waals surface area contributed by atoms with Crippen molar-refractivity contribution in [1.82, 2.24) is 14.9 Å². The number of fused-ring (bicyclic) bond motifs is 1. The molecule has 3 atom stereocenters. The smallest absolute Gasteiger partial charge is 0.272 e. The van der Waals surface area contributed by atoms with Crippen LogP contribution in [0.15, 0.2) is 48.9 Å². The van der Waals surface area contributed by atoms with Gasteiger partial charge in [-0.1, -0.05) is 18.6 Å². The Morgan fingerprint density at radius 2 is 2.08 bits per heavy atom. The number of aromatic nitrogens is 2. The molecule has 4 nitrogen and oxygen atoms in total. The van der Waals surface area contributed by atoms with Crippen LogP contribution in [0.25, 0.3) is 0 Å². The molecule has 1 saturated heterocycles. The van der Waals surface area contributed by atoms with Crippen LogP contribution >= 0.6 is 0 Å². The van der Waals surface area contributed by atoms with Crippen LogP contribution in [0, 0.1) is 17.8 Å². The van der Waals surface area contributed by atoms with Gasteiger partial charge in [-0.2, -0.15) is 0 Å². The molecule has 1 aliphatic carbocycles. The summed E-state index contributed by atoms with van der Waals surface area (Å²) in [5, 5.41) is 0. The number of carbonyl (C=O) groups is 1. The maximum Gasteiger partial charge on any atom is 0.272 e. The van der Waals surface area contributed by atoms with E-state index in [-0.39, 0.29) is 5.91 Å².